The second kappa shape index (κ2) is 7.60. The Labute approximate surface area is 125 Å². The SMILES string of the molecule is CCC(=O)c1cccc(-c2ccccc2OCCOC)c1. The van der Waals surface area contributed by atoms with Crippen LogP contribution in [0.5, 0.6) is 5.75 Å². The third-order valence-electron chi connectivity index (χ3n) is 3.25. The summed E-state index contributed by atoms with van der Waals surface area (Å²) in [7, 11) is 1.65. The number of hydrogen-bond donors (Lipinski definition) is 0. The van der Waals surface area contributed by atoms with Crippen molar-refractivity contribution in [3.05, 3.63) is 54.1 Å². The zero-order valence-corrected chi connectivity index (χ0v) is 12.5. The van der Waals surface area contributed by atoms with Crippen molar-refractivity contribution in [1.82, 2.24) is 0 Å². The first-order valence-electron chi connectivity index (χ1n) is 7.10. The molecule has 110 valence electrons. The van der Waals surface area contributed by atoms with E-state index in [0.717, 1.165) is 22.4 Å². The minimum absolute atomic E-state index is 0.148. The van der Waals surface area contributed by atoms with Crippen molar-refractivity contribution < 1.29 is 14.3 Å². The van der Waals surface area contributed by atoms with Gasteiger partial charge in [0.1, 0.15) is 12.4 Å². The molecule has 0 heterocycles. The van der Waals surface area contributed by atoms with E-state index < -0.39 is 0 Å². The number of Topliss-reactive ketones (excluding diaryl/α,β-unsaturated/α-hetero) is 1. The van der Waals surface area contributed by atoms with E-state index in [1.165, 1.54) is 0 Å². The van der Waals surface area contributed by atoms with Crippen LogP contribution in [-0.4, -0.2) is 26.1 Å². The van der Waals surface area contributed by atoms with Crippen molar-refractivity contribution in [1.29, 1.82) is 0 Å². The van der Waals surface area contributed by atoms with Gasteiger partial charge >= 0.3 is 0 Å². The van der Waals surface area contributed by atoms with Gasteiger partial charge in [0.15, 0.2) is 5.78 Å². The van der Waals surface area contributed by atoms with E-state index in [1.54, 1.807) is 7.11 Å². The number of ether oxygens (including phenoxy) is 2. The molecule has 0 N–H and O–H groups in total. The Morgan fingerprint density at radius 2 is 1.86 bits per heavy atom. The van der Waals surface area contributed by atoms with E-state index in [0.29, 0.717) is 19.6 Å². The maximum absolute atomic E-state index is 11.8. The van der Waals surface area contributed by atoms with Crippen molar-refractivity contribution in [2.45, 2.75) is 13.3 Å². The maximum atomic E-state index is 11.8. The van der Waals surface area contributed by atoms with E-state index in [9.17, 15) is 4.79 Å². The third-order valence-corrected chi connectivity index (χ3v) is 3.25. The highest BCUT2D eigenvalue weighted by Crippen LogP contribution is 2.30. The monoisotopic (exact) mass is 284 g/mol. The summed E-state index contributed by atoms with van der Waals surface area (Å²) >= 11 is 0. The molecular weight excluding hydrogens is 264 g/mol. The molecule has 0 unspecified atom stereocenters. The lowest BCUT2D eigenvalue weighted by Gasteiger charge is -2.12. The van der Waals surface area contributed by atoms with Crippen molar-refractivity contribution >= 4 is 5.78 Å². The lowest BCUT2D eigenvalue weighted by Crippen LogP contribution is -2.05. The highest BCUT2D eigenvalue weighted by atomic mass is 16.5. The molecule has 2 aromatic carbocycles. The number of para-hydroxylation sites is 1. The number of carbonyl (C=O) groups is 1. The number of rotatable bonds is 7. The lowest BCUT2D eigenvalue weighted by atomic mass is 10.00. The van der Waals surface area contributed by atoms with Gasteiger partial charge in [-0.25, -0.2) is 0 Å². The second-order valence-corrected chi connectivity index (χ2v) is 4.69. The summed E-state index contributed by atoms with van der Waals surface area (Å²) < 4.78 is 10.8. The Bertz CT molecular complexity index is 605. The van der Waals surface area contributed by atoms with Gasteiger partial charge in [0.2, 0.25) is 0 Å². The zero-order chi connectivity index (χ0) is 15.1. The van der Waals surface area contributed by atoms with Gasteiger partial charge in [0, 0.05) is 24.7 Å². The average Bonchev–Trinajstić information content (AvgIpc) is 2.55. The summed E-state index contributed by atoms with van der Waals surface area (Å²) in [4.78, 5) is 11.8. The van der Waals surface area contributed by atoms with Gasteiger partial charge in [0.25, 0.3) is 0 Å². The lowest BCUT2D eigenvalue weighted by molar-refractivity contribution is 0.0988. The molecule has 0 spiro atoms. The topological polar surface area (TPSA) is 35.5 Å². The molecule has 2 aromatic rings. The molecule has 0 aromatic heterocycles. The Hall–Kier alpha value is -2.13. The molecule has 21 heavy (non-hydrogen) atoms. The molecule has 0 bridgehead atoms. The number of ketones is 1. The molecular formula is C18H20O3. The van der Waals surface area contributed by atoms with E-state index in [4.69, 9.17) is 9.47 Å². The van der Waals surface area contributed by atoms with Crippen LogP contribution in [0, 0.1) is 0 Å². The number of hydrogen-bond acceptors (Lipinski definition) is 3. The predicted molar refractivity (Wildman–Crippen MR) is 83.9 cm³/mol. The number of methoxy groups -OCH3 is 1. The minimum Gasteiger partial charge on any atom is -0.491 e. The highest BCUT2D eigenvalue weighted by molar-refractivity contribution is 5.97. The fourth-order valence-electron chi connectivity index (χ4n) is 2.13. The Morgan fingerprint density at radius 1 is 1.05 bits per heavy atom. The standard InChI is InChI=1S/C18H20O3/c1-3-17(19)15-8-6-7-14(13-15)16-9-4-5-10-18(16)21-12-11-20-2/h4-10,13H,3,11-12H2,1-2H3. The molecule has 0 amide bonds. The van der Waals surface area contributed by atoms with Crippen molar-refractivity contribution in [2.24, 2.45) is 0 Å². The van der Waals surface area contributed by atoms with Crippen LogP contribution in [0.1, 0.15) is 23.7 Å². The molecule has 0 aliphatic heterocycles. The number of benzene rings is 2. The summed E-state index contributed by atoms with van der Waals surface area (Å²) in [6, 6.07) is 15.5. The molecule has 0 saturated heterocycles. The molecule has 3 nitrogen and oxygen atoms in total. The van der Waals surface area contributed by atoms with E-state index in [-0.39, 0.29) is 5.78 Å². The van der Waals surface area contributed by atoms with Crippen LogP contribution in [0.3, 0.4) is 0 Å². The van der Waals surface area contributed by atoms with Gasteiger partial charge in [-0.2, -0.15) is 0 Å². The summed E-state index contributed by atoms with van der Waals surface area (Å²) in [5, 5.41) is 0. The van der Waals surface area contributed by atoms with Gasteiger partial charge in [-0.3, -0.25) is 4.79 Å². The van der Waals surface area contributed by atoms with Crippen molar-refractivity contribution in [3.63, 3.8) is 0 Å². The first kappa shape index (κ1) is 15.3. The van der Waals surface area contributed by atoms with E-state index >= 15 is 0 Å². The minimum atomic E-state index is 0.148. The molecule has 0 aliphatic rings. The molecule has 0 atom stereocenters. The second-order valence-electron chi connectivity index (χ2n) is 4.69. The Kier molecular flexibility index (Phi) is 5.52. The highest BCUT2D eigenvalue weighted by Gasteiger charge is 2.09. The van der Waals surface area contributed by atoms with Gasteiger partial charge in [-0.05, 0) is 17.7 Å². The fourth-order valence-corrected chi connectivity index (χ4v) is 2.13. The van der Waals surface area contributed by atoms with Crippen LogP contribution < -0.4 is 4.74 Å². The van der Waals surface area contributed by atoms with Crippen LogP contribution in [0.2, 0.25) is 0 Å². The predicted octanol–water partition coefficient (Wildman–Crippen LogP) is 3.97. The van der Waals surface area contributed by atoms with Gasteiger partial charge in [-0.15, -0.1) is 0 Å². The fraction of sp³-hybridized carbons (Fsp3) is 0.278. The largest absolute Gasteiger partial charge is 0.491 e. The third kappa shape index (κ3) is 3.92. The summed E-state index contributed by atoms with van der Waals surface area (Å²) in [6.07, 6.45) is 0.509. The molecule has 2 rings (SSSR count). The maximum Gasteiger partial charge on any atom is 0.162 e. The quantitative estimate of drug-likeness (QED) is 0.570. The first-order valence-corrected chi connectivity index (χ1v) is 7.10. The van der Waals surface area contributed by atoms with Gasteiger partial charge in [0.05, 0.1) is 6.61 Å². The smallest absolute Gasteiger partial charge is 0.162 e. The van der Waals surface area contributed by atoms with Gasteiger partial charge < -0.3 is 9.47 Å². The van der Waals surface area contributed by atoms with E-state index in [2.05, 4.69) is 0 Å². The Morgan fingerprint density at radius 3 is 2.62 bits per heavy atom. The molecule has 0 fully saturated rings. The van der Waals surface area contributed by atoms with Crippen LogP contribution in [0.25, 0.3) is 11.1 Å². The molecule has 0 aliphatic carbocycles. The molecule has 0 saturated carbocycles. The average molecular weight is 284 g/mol. The van der Waals surface area contributed by atoms with Gasteiger partial charge in [-0.1, -0.05) is 43.3 Å². The van der Waals surface area contributed by atoms with Crippen LogP contribution in [-0.2, 0) is 4.74 Å². The van der Waals surface area contributed by atoms with Crippen molar-refractivity contribution in [2.75, 3.05) is 20.3 Å². The summed E-state index contributed by atoms with van der Waals surface area (Å²) in [6.45, 7) is 2.92. The first-order chi connectivity index (χ1) is 10.3. The normalized spacial score (nSPS) is 10.4. The summed E-state index contributed by atoms with van der Waals surface area (Å²) in [5.74, 6) is 0.949. The van der Waals surface area contributed by atoms with Crippen LogP contribution in [0.4, 0.5) is 0 Å². The summed E-state index contributed by atoms with van der Waals surface area (Å²) in [5.41, 5.74) is 2.71. The van der Waals surface area contributed by atoms with Crippen molar-refractivity contribution in [3.8, 4) is 16.9 Å². The molecule has 3 heteroatoms. The Balaban J connectivity index is 2.31. The van der Waals surface area contributed by atoms with Crippen LogP contribution >= 0.6 is 0 Å². The molecule has 0 radical (unpaired) electrons. The van der Waals surface area contributed by atoms with Crippen LogP contribution in [0.15, 0.2) is 48.5 Å². The zero-order valence-electron chi connectivity index (χ0n) is 12.5. The number of carbonyl (C=O) groups excluding carboxylic acids is 1. The van der Waals surface area contributed by atoms with E-state index in [1.807, 2.05) is 55.5 Å².